The highest BCUT2D eigenvalue weighted by Crippen LogP contribution is 2.31. The topological polar surface area (TPSA) is 56.7 Å². The van der Waals surface area contributed by atoms with Crippen LogP contribution in [0.3, 0.4) is 0 Å². The lowest BCUT2D eigenvalue weighted by Crippen LogP contribution is -2.54. The third-order valence-electron chi connectivity index (χ3n) is 4.68. The zero-order chi connectivity index (χ0) is 15.6. The summed E-state index contributed by atoms with van der Waals surface area (Å²) in [6.45, 7) is 3.83. The fourth-order valence-corrected chi connectivity index (χ4v) is 3.45. The summed E-state index contributed by atoms with van der Waals surface area (Å²) in [5.74, 6) is -0.0715. The summed E-state index contributed by atoms with van der Waals surface area (Å²) in [4.78, 5) is 20.7. The van der Waals surface area contributed by atoms with Crippen LogP contribution in [0, 0.1) is 0 Å². The predicted molar refractivity (Wildman–Crippen MR) is 84.5 cm³/mol. The molecule has 2 aliphatic rings. The van der Waals surface area contributed by atoms with Gasteiger partial charge in [0.25, 0.3) is 5.91 Å². The van der Waals surface area contributed by atoms with Crippen LogP contribution in [0.5, 0.6) is 0 Å². The molecule has 120 valence electrons. The molecule has 0 radical (unpaired) electrons. The highest BCUT2D eigenvalue weighted by molar-refractivity contribution is 6.29. The smallest absolute Gasteiger partial charge is 0.254 e. The SMILES string of the molecule is O=C(N1CCN(Cc2ccc(Cl)nc2)CC1)C1(O)CCCC1. The van der Waals surface area contributed by atoms with E-state index in [0.29, 0.717) is 31.1 Å². The Morgan fingerprint density at radius 2 is 1.91 bits per heavy atom. The molecule has 0 atom stereocenters. The van der Waals surface area contributed by atoms with Gasteiger partial charge in [-0.15, -0.1) is 0 Å². The van der Waals surface area contributed by atoms with Gasteiger partial charge in [-0.1, -0.05) is 17.7 Å². The van der Waals surface area contributed by atoms with Gasteiger partial charge in [0.15, 0.2) is 0 Å². The van der Waals surface area contributed by atoms with E-state index >= 15 is 0 Å². The molecule has 0 aromatic carbocycles. The summed E-state index contributed by atoms with van der Waals surface area (Å²) in [5.41, 5.74) is 0.0287. The van der Waals surface area contributed by atoms with Gasteiger partial charge in [0.05, 0.1) is 0 Å². The number of aromatic nitrogens is 1. The molecule has 1 aliphatic carbocycles. The number of amides is 1. The van der Waals surface area contributed by atoms with Crippen molar-refractivity contribution < 1.29 is 9.90 Å². The Morgan fingerprint density at radius 3 is 2.50 bits per heavy atom. The zero-order valence-electron chi connectivity index (χ0n) is 12.7. The Balaban J connectivity index is 1.52. The van der Waals surface area contributed by atoms with Crippen LogP contribution < -0.4 is 0 Å². The average Bonchev–Trinajstić information content (AvgIpc) is 2.98. The van der Waals surface area contributed by atoms with Crippen molar-refractivity contribution in [2.45, 2.75) is 37.8 Å². The maximum absolute atomic E-state index is 12.5. The second kappa shape index (κ2) is 6.52. The van der Waals surface area contributed by atoms with Crippen LogP contribution in [0.25, 0.3) is 0 Å². The third-order valence-corrected chi connectivity index (χ3v) is 4.91. The quantitative estimate of drug-likeness (QED) is 0.860. The number of hydrogen-bond acceptors (Lipinski definition) is 4. The molecular formula is C16H22ClN3O2. The Bertz CT molecular complexity index is 521. The van der Waals surface area contributed by atoms with Crippen LogP contribution in [0.1, 0.15) is 31.2 Å². The minimum Gasteiger partial charge on any atom is -0.380 e. The van der Waals surface area contributed by atoms with Crippen LogP contribution in [0.15, 0.2) is 18.3 Å². The summed E-state index contributed by atoms with van der Waals surface area (Å²) in [6, 6.07) is 3.78. The van der Waals surface area contributed by atoms with E-state index in [9.17, 15) is 9.90 Å². The van der Waals surface area contributed by atoms with E-state index in [0.717, 1.165) is 38.0 Å². The van der Waals surface area contributed by atoms with Crippen LogP contribution in [-0.2, 0) is 11.3 Å². The van der Waals surface area contributed by atoms with Crippen molar-refractivity contribution in [3.8, 4) is 0 Å². The third kappa shape index (κ3) is 3.42. The standard InChI is InChI=1S/C16H22ClN3O2/c17-14-4-3-13(11-18-14)12-19-7-9-20(10-8-19)15(21)16(22)5-1-2-6-16/h3-4,11,22H,1-2,5-10,12H2. The zero-order valence-corrected chi connectivity index (χ0v) is 13.4. The van der Waals surface area contributed by atoms with Gasteiger partial charge in [-0.05, 0) is 37.3 Å². The van der Waals surface area contributed by atoms with Crippen LogP contribution in [-0.4, -0.2) is 57.6 Å². The maximum atomic E-state index is 12.5. The Labute approximate surface area is 135 Å². The van der Waals surface area contributed by atoms with E-state index in [4.69, 9.17) is 11.6 Å². The molecule has 2 fully saturated rings. The van der Waals surface area contributed by atoms with Crippen molar-refractivity contribution in [3.63, 3.8) is 0 Å². The summed E-state index contributed by atoms with van der Waals surface area (Å²) in [7, 11) is 0. The molecule has 2 heterocycles. The minimum absolute atomic E-state index is 0.0715. The number of carbonyl (C=O) groups excluding carboxylic acids is 1. The molecule has 5 nitrogen and oxygen atoms in total. The van der Waals surface area contributed by atoms with Crippen molar-refractivity contribution in [3.05, 3.63) is 29.0 Å². The molecule has 1 aromatic rings. The van der Waals surface area contributed by atoms with Gasteiger partial charge in [0, 0.05) is 38.9 Å². The first-order chi connectivity index (χ1) is 10.6. The lowest BCUT2D eigenvalue weighted by molar-refractivity contribution is -0.152. The molecule has 0 unspecified atom stereocenters. The molecule has 1 aromatic heterocycles. The van der Waals surface area contributed by atoms with Gasteiger partial charge < -0.3 is 10.0 Å². The fraction of sp³-hybridized carbons (Fsp3) is 0.625. The van der Waals surface area contributed by atoms with Gasteiger partial charge in [-0.2, -0.15) is 0 Å². The largest absolute Gasteiger partial charge is 0.380 e. The first-order valence-electron chi connectivity index (χ1n) is 7.91. The molecule has 6 heteroatoms. The lowest BCUT2D eigenvalue weighted by Gasteiger charge is -2.38. The van der Waals surface area contributed by atoms with Gasteiger partial charge in [0.2, 0.25) is 0 Å². The number of piperazine rings is 1. The van der Waals surface area contributed by atoms with Gasteiger partial charge in [-0.25, -0.2) is 4.98 Å². The number of carbonyl (C=O) groups is 1. The monoisotopic (exact) mass is 323 g/mol. The van der Waals surface area contributed by atoms with Gasteiger partial charge in [-0.3, -0.25) is 9.69 Å². The maximum Gasteiger partial charge on any atom is 0.254 e. The van der Waals surface area contributed by atoms with E-state index < -0.39 is 5.60 Å². The van der Waals surface area contributed by atoms with Gasteiger partial charge in [0.1, 0.15) is 10.8 Å². The molecule has 22 heavy (non-hydrogen) atoms. The Hall–Kier alpha value is -1.17. The molecule has 1 N–H and O–H groups in total. The van der Waals surface area contributed by atoms with Crippen LogP contribution >= 0.6 is 11.6 Å². The minimum atomic E-state index is -1.09. The summed E-state index contributed by atoms with van der Waals surface area (Å²) >= 11 is 5.79. The molecule has 1 saturated heterocycles. The van der Waals surface area contributed by atoms with Gasteiger partial charge >= 0.3 is 0 Å². The second-order valence-corrected chi connectivity index (χ2v) is 6.68. The predicted octanol–water partition coefficient (Wildman–Crippen LogP) is 1.68. The van der Waals surface area contributed by atoms with Crippen molar-refractivity contribution in [2.75, 3.05) is 26.2 Å². The number of aliphatic hydroxyl groups is 1. The van der Waals surface area contributed by atoms with E-state index in [1.807, 2.05) is 11.0 Å². The molecule has 1 aliphatic heterocycles. The van der Waals surface area contributed by atoms with Crippen molar-refractivity contribution in [2.24, 2.45) is 0 Å². The molecule has 1 saturated carbocycles. The van der Waals surface area contributed by atoms with E-state index in [2.05, 4.69) is 9.88 Å². The number of hydrogen-bond donors (Lipinski definition) is 1. The number of rotatable bonds is 3. The molecule has 0 bridgehead atoms. The Morgan fingerprint density at radius 1 is 1.23 bits per heavy atom. The normalized spacial score (nSPS) is 22.0. The number of halogens is 1. The van der Waals surface area contributed by atoms with Crippen molar-refractivity contribution >= 4 is 17.5 Å². The molecule has 1 amide bonds. The molecule has 0 spiro atoms. The fourth-order valence-electron chi connectivity index (χ4n) is 3.34. The van der Waals surface area contributed by atoms with Crippen LogP contribution in [0.4, 0.5) is 0 Å². The van der Waals surface area contributed by atoms with Crippen molar-refractivity contribution in [1.82, 2.24) is 14.8 Å². The van der Waals surface area contributed by atoms with E-state index in [1.165, 1.54) is 0 Å². The van der Waals surface area contributed by atoms with Crippen LogP contribution in [0.2, 0.25) is 5.15 Å². The van der Waals surface area contributed by atoms with E-state index in [1.54, 1.807) is 12.3 Å². The van der Waals surface area contributed by atoms with Crippen molar-refractivity contribution in [1.29, 1.82) is 0 Å². The summed E-state index contributed by atoms with van der Waals surface area (Å²) in [6.07, 6.45) is 4.92. The highest BCUT2D eigenvalue weighted by Gasteiger charge is 2.42. The highest BCUT2D eigenvalue weighted by atomic mass is 35.5. The average molecular weight is 324 g/mol. The number of pyridine rings is 1. The number of nitrogens with zero attached hydrogens (tertiary/aromatic N) is 3. The molecule has 3 rings (SSSR count). The molecular weight excluding hydrogens is 302 g/mol. The lowest BCUT2D eigenvalue weighted by atomic mass is 10.00. The van der Waals surface area contributed by atoms with E-state index in [-0.39, 0.29) is 5.91 Å². The summed E-state index contributed by atoms with van der Waals surface area (Å²) in [5, 5.41) is 10.9. The summed E-state index contributed by atoms with van der Waals surface area (Å²) < 4.78 is 0. The second-order valence-electron chi connectivity index (χ2n) is 6.30. The first-order valence-corrected chi connectivity index (χ1v) is 8.29. The first kappa shape index (κ1) is 15.7. The Kier molecular flexibility index (Phi) is 4.66.